The zero-order valence-corrected chi connectivity index (χ0v) is 17.2. The van der Waals surface area contributed by atoms with Crippen LogP contribution in [-0.4, -0.2) is 14.3 Å². The van der Waals surface area contributed by atoms with Gasteiger partial charge in [0.05, 0.1) is 10.6 Å². The third-order valence-electron chi connectivity index (χ3n) is 3.66. The van der Waals surface area contributed by atoms with Gasteiger partial charge in [-0.25, -0.2) is 8.42 Å². The molecule has 5 nitrogen and oxygen atoms in total. The number of hydrogen-bond donors (Lipinski definition) is 2. The number of rotatable bonds is 6. The van der Waals surface area contributed by atoms with Crippen LogP contribution in [0.1, 0.15) is 6.92 Å². The minimum atomic E-state index is -3.78. The fourth-order valence-corrected chi connectivity index (χ4v) is 4.57. The maximum absolute atomic E-state index is 12.8. The molecule has 28 heavy (non-hydrogen) atoms. The molecule has 0 radical (unpaired) electrons. The van der Waals surface area contributed by atoms with Crippen LogP contribution in [0.2, 0.25) is 5.02 Å². The summed E-state index contributed by atoms with van der Waals surface area (Å²) in [6.45, 7) is 1.39. The topological polar surface area (TPSA) is 75.3 Å². The Hall–Kier alpha value is -2.48. The van der Waals surface area contributed by atoms with Gasteiger partial charge in [-0.05, 0) is 60.7 Å². The van der Waals surface area contributed by atoms with Crippen molar-refractivity contribution >= 4 is 50.7 Å². The fourth-order valence-electron chi connectivity index (χ4n) is 2.39. The monoisotopic (exact) mass is 432 g/mol. The van der Waals surface area contributed by atoms with Gasteiger partial charge < -0.3 is 5.32 Å². The summed E-state index contributed by atoms with van der Waals surface area (Å²) in [5, 5.41) is 3.25. The van der Waals surface area contributed by atoms with Crippen molar-refractivity contribution in [2.45, 2.75) is 21.6 Å². The first-order valence-electron chi connectivity index (χ1n) is 8.26. The number of para-hydroxylation sites is 1. The molecule has 0 saturated carbocycles. The quantitative estimate of drug-likeness (QED) is 0.557. The lowest BCUT2D eigenvalue weighted by Crippen LogP contribution is -2.13. The Labute approximate surface area is 173 Å². The molecule has 0 bridgehead atoms. The summed E-state index contributed by atoms with van der Waals surface area (Å²) in [5.74, 6) is -0.220. The molecule has 0 spiro atoms. The van der Waals surface area contributed by atoms with E-state index in [2.05, 4.69) is 10.0 Å². The van der Waals surface area contributed by atoms with E-state index in [1.165, 1.54) is 30.8 Å². The molecule has 0 heterocycles. The summed E-state index contributed by atoms with van der Waals surface area (Å²) in [5.41, 5.74) is 1.01. The zero-order chi connectivity index (χ0) is 20.1. The molecule has 144 valence electrons. The second-order valence-corrected chi connectivity index (χ2v) is 9.10. The lowest BCUT2D eigenvalue weighted by Gasteiger charge is -2.13. The summed E-state index contributed by atoms with van der Waals surface area (Å²) in [6.07, 6.45) is 0. The van der Waals surface area contributed by atoms with E-state index in [0.29, 0.717) is 16.4 Å². The van der Waals surface area contributed by atoms with E-state index >= 15 is 0 Å². The van der Waals surface area contributed by atoms with Crippen molar-refractivity contribution in [1.82, 2.24) is 0 Å². The third-order valence-corrected chi connectivity index (χ3v) is 6.37. The highest BCUT2D eigenvalue weighted by Crippen LogP contribution is 2.34. The molecule has 8 heteroatoms. The molecule has 0 aliphatic rings. The highest BCUT2D eigenvalue weighted by Gasteiger charge is 2.16. The lowest BCUT2D eigenvalue weighted by atomic mass is 10.3. The van der Waals surface area contributed by atoms with Gasteiger partial charge in [0.25, 0.3) is 10.0 Å². The van der Waals surface area contributed by atoms with E-state index in [1.54, 1.807) is 36.4 Å². The number of halogens is 1. The standard InChI is InChI=1S/C20H17ClN2O3S2/c1-14(24)22-16-8-12-18(13-9-16)28(25,26)23-19-4-2-3-5-20(19)27-17-10-6-15(21)7-11-17/h2-13,23H,1H3,(H,22,24). The molecule has 3 aromatic rings. The molecule has 1 amide bonds. The van der Waals surface area contributed by atoms with Crippen LogP contribution < -0.4 is 10.0 Å². The number of carbonyl (C=O) groups is 1. The molecule has 0 fully saturated rings. The van der Waals surface area contributed by atoms with Crippen molar-refractivity contribution in [2.24, 2.45) is 0 Å². The van der Waals surface area contributed by atoms with Crippen LogP contribution in [0.4, 0.5) is 11.4 Å². The van der Waals surface area contributed by atoms with Gasteiger partial charge in [0.1, 0.15) is 0 Å². The van der Waals surface area contributed by atoms with Crippen molar-refractivity contribution in [3.63, 3.8) is 0 Å². The highest BCUT2D eigenvalue weighted by molar-refractivity contribution is 7.99. The van der Waals surface area contributed by atoms with Gasteiger partial charge in [-0.2, -0.15) is 0 Å². The Bertz CT molecular complexity index is 1080. The van der Waals surface area contributed by atoms with Gasteiger partial charge in [0, 0.05) is 27.4 Å². The minimum absolute atomic E-state index is 0.105. The summed E-state index contributed by atoms with van der Waals surface area (Å²) >= 11 is 7.35. The van der Waals surface area contributed by atoms with Gasteiger partial charge in [-0.15, -0.1) is 0 Å². The van der Waals surface area contributed by atoms with Gasteiger partial charge in [-0.1, -0.05) is 35.5 Å². The third kappa shape index (κ3) is 5.28. The molecule has 0 aliphatic heterocycles. The Balaban J connectivity index is 1.82. The summed E-state index contributed by atoms with van der Waals surface area (Å²) in [7, 11) is -3.78. The number of benzene rings is 3. The lowest BCUT2D eigenvalue weighted by molar-refractivity contribution is -0.114. The smallest absolute Gasteiger partial charge is 0.261 e. The van der Waals surface area contributed by atoms with E-state index in [4.69, 9.17) is 11.6 Å². The van der Waals surface area contributed by atoms with Crippen molar-refractivity contribution in [1.29, 1.82) is 0 Å². The van der Waals surface area contributed by atoms with E-state index in [1.807, 2.05) is 24.3 Å². The van der Waals surface area contributed by atoms with Crippen LogP contribution in [-0.2, 0) is 14.8 Å². The SMILES string of the molecule is CC(=O)Nc1ccc(S(=O)(=O)Nc2ccccc2Sc2ccc(Cl)cc2)cc1. The highest BCUT2D eigenvalue weighted by atomic mass is 35.5. The van der Waals surface area contributed by atoms with Crippen molar-refractivity contribution in [2.75, 3.05) is 10.0 Å². The number of hydrogen-bond acceptors (Lipinski definition) is 4. The average Bonchev–Trinajstić information content (AvgIpc) is 2.65. The Morgan fingerprint density at radius 1 is 0.929 bits per heavy atom. The maximum atomic E-state index is 12.8. The predicted octanol–water partition coefficient (Wildman–Crippen LogP) is 5.25. The number of amides is 1. The van der Waals surface area contributed by atoms with Crippen molar-refractivity contribution in [3.05, 3.63) is 77.8 Å². The molecule has 3 aromatic carbocycles. The molecule has 2 N–H and O–H groups in total. The van der Waals surface area contributed by atoms with Crippen LogP contribution in [0.5, 0.6) is 0 Å². The van der Waals surface area contributed by atoms with Crippen LogP contribution in [0.3, 0.4) is 0 Å². The Morgan fingerprint density at radius 3 is 2.21 bits per heavy atom. The average molecular weight is 433 g/mol. The molecule has 3 rings (SSSR count). The molecular formula is C20H17ClN2O3S2. The Morgan fingerprint density at radius 2 is 1.57 bits per heavy atom. The first-order valence-corrected chi connectivity index (χ1v) is 10.9. The molecule has 0 aromatic heterocycles. The maximum Gasteiger partial charge on any atom is 0.261 e. The van der Waals surface area contributed by atoms with Crippen LogP contribution in [0.25, 0.3) is 0 Å². The summed E-state index contributed by atoms with van der Waals surface area (Å²) in [6, 6.07) is 20.5. The molecule has 0 unspecified atom stereocenters. The number of nitrogens with one attached hydrogen (secondary N) is 2. The summed E-state index contributed by atoms with van der Waals surface area (Å²) < 4.78 is 28.2. The van der Waals surface area contributed by atoms with Crippen molar-refractivity contribution < 1.29 is 13.2 Å². The first-order chi connectivity index (χ1) is 13.3. The number of anilines is 2. The predicted molar refractivity (Wildman–Crippen MR) is 114 cm³/mol. The van der Waals surface area contributed by atoms with E-state index in [9.17, 15) is 13.2 Å². The number of sulfonamides is 1. The zero-order valence-electron chi connectivity index (χ0n) is 14.8. The molecule has 0 aliphatic carbocycles. The van der Waals surface area contributed by atoms with E-state index in [0.717, 1.165) is 9.79 Å². The minimum Gasteiger partial charge on any atom is -0.326 e. The van der Waals surface area contributed by atoms with Gasteiger partial charge in [-0.3, -0.25) is 9.52 Å². The van der Waals surface area contributed by atoms with Gasteiger partial charge in [0.15, 0.2) is 0 Å². The van der Waals surface area contributed by atoms with Crippen LogP contribution >= 0.6 is 23.4 Å². The Kier molecular flexibility index (Phi) is 6.28. The molecular weight excluding hydrogens is 416 g/mol. The second kappa shape index (κ2) is 8.68. The fraction of sp³-hybridized carbons (Fsp3) is 0.0500. The van der Waals surface area contributed by atoms with E-state index in [-0.39, 0.29) is 10.8 Å². The van der Waals surface area contributed by atoms with Crippen LogP contribution in [0.15, 0.2) is 87.5 Å². The second-order valence-electron chi connectivity index (χ2n) is 5.86. The van der Waals surface area contributed by atoms with Crippen molar-refractivity contribution in [3.8, 4) is 0 Å². The van der Waals surface area contributed by atoms with Gasteiger partial charge in [0.2, 0.25) is 5.91 Å². The normalized spacial score (nSPS) is 11.1. The summed E-state index contributed by atoms with van der Waals surface area (Å²) in [4.78, 5) is 12.9. The number of carbonyl (C=O) groups excluding carboxylic acids is 1. The molecule has 0 saturated heterocycles. The largest absolute Gasteiger partial charge is 0.326 e. The molecule has 0 atom stereocenters. The van der Waals surface area contributed by atoms with E-state index < -0.39 is 10.0 Å². The first kappa shape index (κ1) is 20.3. The van der Waals surface area contributed by atoms with Crippen LogP contribution in [0, 0.1) is 0 Å². The van der Waals surface area contributed by atoms with Gasteiger partial charge >= 0.3 is 0 Å².